The number of carbonyl (C=O) groups is 2. The molecule has 29 heavy (non-hydrogen) atoms. The molecule has 9 heteroatoms. The van der Waals surface area contributed by atoms with Crippen molar-refractivity contribution in [2.75, 3.05) is 13.4 Å². The van der Waals surface area contributed by atoms with Crippen molar-refractivity contribution >= 4 is 34.1 Å². The molecule has 152 valence electrons. The molecule has 2 aromatic rings. The van der Waals surface area contributed by atoms with E-state index < -0.39 is 12.1 Å². The van der Waals surface area contributed by atoms with Crippen molar-refractivity contribution in [3.8, 4) is 11.5 Å². The first-order valence-corrected chi connectivity index (χ1v) is 9.75. The molecule has 2 aromatic carbocycles. The summed E-state index contributed by atoms with van der Waals surface area (Å²) in [5.74, 6) is 0.904. The molecule has 0 spiro atoms. The number of nitrogens with one attached hydrogen (secondary N) is 2. The van der Waals surface area contributed by atoms with E-state index in [4.69, 9.17) is 14.2 Å². The summed E-state index contributed by atoms with van der Waals surface area (Å²) in [6, 6.07) is 12.2. The van der Waals surface area contributed by atoms with Gasteiger partial charge in [0.25, 0.3) is 0 Å². The number of ether oxygens (including phenoxy) is 3. The minimum absolute atomic E-state index is 0.00246. The maximum Gasteiger partial charge on any atom is 0.407 e. The third-order valence-electron chi connectivity index (χ3n) is 4.04. The second-order valence-electron chi connectivity index (χ2n) is 6.05. The molecular weight excluding hydrogens is 442 g/mol. The molecule has 1 atom stereocenters. The Morgan fingerprint density at radius 2 is 1.97 bits per heavy atom. The number of carbonyl (C=O) groups excluding carboxylic acids is 2. The minimum atomic E-state index is -0.582. The normalized spacial score (nSPS) is 13.2. The van der Waals surface area contributed by atoms with E-state index in [1.807, 2.05) is 30.3 Å². The van der Waals surface area contributed by atoms with Gasteiger partial charge in [-0.3, -0.25) is 4.79 Å². The van der Waals surface area contributed by atoms with E-state index >= 15 is 0 Å². The quantitative estimate of drug-likeness (QED) is 0.485. The molecule has 0 radical (unpaired) electrons. The molecule has 1 aliphatic heterocycles. The summed E-state index contributed by atoms with van der Waals surface area (Å²) in [6.07, 6.45) is 0.921. The molecule has 0 unspecified atom stereocenters. The van der Waals surface area contributed by atoms with Crippen LogP contribution in [0.25, 0.3) is 0 Å². The van der Waals surface area contributed by atoms with Crippen LogP contribution in [0.2, 0.25) is 0 Å². The predicted octanol–water partition coefficient (Wildman–Crippen LogP) is 3.51. The van der Waals surface area contributed by atoms with Crippen molar-refractivity contribution < 1.29 is 23.8 Å². The molecule has 3 rings (SSSR count). The number of amides is 2. The van der Waals surface area contributed by atoms with Crippen LogP contribution in [0.15, 0.2) is 52.0 Å². The Bertz CT molecular complexity index is 904. The number of halogens is 1. The Morgan fingerprint density at radius 3 is 2.69 bits per heavy atom. The van der Waals surface area contributed by atoms with E-state index in [1.165, 1.54) is 6.21 Å². The number of hydrogen-bond acceptors (Lipinski definition) is 6. The summed E-state index contributed by atoms with van der Waals surface area (Å²) in [6.45, 7) is 2.13. The third-order valence-corrected chi connectivity index (χ3v) is 4.73. The second-order valence-corrected chi connectivity index (χ2v) is 6.91. The molecule has 0 aromatic heterocycles. The lowest BCUT2D eigenvalue weighted by Crippen LogP contribution is -2.33. The summed E-state index contributed by atoms with van der Waals surface area (Å²) in [5, 5.41) is 6.69. The van der Waals surface area contributed by atoms with Crippen molar-refractivity contribution in [3.05, 3.63) is 58.1 Å². The zero-order chi connectivity index (χ0) is 20.6. The lowest BCUT2D eigenvalue weighted by Gasteiger charge is -2.18. The van der Waals surface area contributed by atoms with Crippen LogP contribution in [-0.2, 0) is 9.53 Å². The van der Waals surface area contributed by atoms with Crippen LogP contribution in [0.3, 0.4) is 0 Å². The lowest BCUT2D eigenvalue weighted by atomic mass is 10.0. The monoisotopic (exact) mass is 461 g/mol. The van der Waals surface area contributed by atoms with Crippen LogP contribution >= 0.6 is 15.9 Å². The Morgan fingerprint density at radius 1 is 1.24 bits per heavy atom. The summed E-state index contributed by atoms with van der Waals surface area (Å²) < 4.78 is 16.3. The molecule has 2 amide bonds. The van der Waals surface area contributed by atoms with Gasteiger partial charge < -0.3 is 19.5 Å². The van der Waals surface area contributed by atoms with Gasteiger partial charge in [-0.15, -0.1) is 0 Å². The SMILES string of the molecule is CCOC(=O)N[C@@H](CC(=O)N/N=C\c1cc2c(cc1Br)OCO2)c1ccccc1. The highest BCUT2D eigenvalue weighted by molar-refractivity contribution is 9.10. The first-order chi connectivity index (χ1) is 14.1. The van der Waals surface area contributed by atoms with Gasteiger partial charge in [0, 0.05) is 10.0 Å². The number of alkyl carbamates (subject to hydrolysis) is 1. The Balaban J connectivity index is 1.62. The Labute approximate surface area is 176 Å². The van der Waals surface area contributed by atoms with Crippen LogP contribution in [-0.4, -0.2) is 31.6 Å². The number of rotatable bonds is 7. The van der Waals surface area contributed by atoms with E-state index in [9.17, 15) is 9.59 Å². The third kappa shape index (κ3) is 5.71. The number of fused-ring (bicyclic) bond motifs is 1. The van der Waals surface area contributed by atoms with Crippen LogP contribution in [0, 0.1) is 0 Å². The van der Waals surface area contributed by atoms with Crippen molar-refractivity contribution in [1.82, 2.24) is 10.7 Å². The predicted molar refractivity (Wildman–Crippen MR) is 110 cm³/mol. The zero-order valence-electron chi connectivity index (χ0n) is 15.7. The van der Waals surface area contributed by atoms with Crippen LogP contribution in [0.5, 0.6) is 11.5 Å². The van der Waals surface area contributed by atoms with Gasteiger partial charge in [-0.2, -0.15) is 5.10 Å². The van der Waals surface area contributed by atoms with Gasteiger partial charge in [0.2, 0.25) is 12.7 Å². The fourth-order valence-corrected chi connectivity index (χ4v) is 3.11. The highest BCUT2D eigenvalue weighted by atomic mass is 79.9. The summed E-state index contributed by atoms with van der Waals surface area (Å²) in [7, 11) is 0. The number of hydrogen-bond donors (Lipinski definition) is 2. The van der Waals surface area contributed by atoms with Gasteiger partial charge in [-0.1, -0.05) is 30.3 Å². The fourth-order valence-electron chi connectivity index (χ4n) is 2.69. The topological polar surface area (TPSA) is 98.2 Å². The van der Waals surface area contributed by atoms with Gasteiger partial charge in [0.15, 0.2) is 11.5 Å². The van der Waals surface area contributed by atoms with Gasteiger partial charge in [0.1, 0.15) is 0 Å². The molecule has 2 N–H and O–H groups in total. The van der Waals surface area contributed by atoms with Gasteiger partial charge >= 0.3 is 6.09 Å². The molecule has 0 saturated heterocycles. The van der Waals surface area contributed by atoms with Gasteiger partial charge in [0.05, 0.1) is 25.3 Å². The van der Waals surface area contributed by atoms with Crippen molar-refractivity contribution in [2.24, 2.45) is 5.10 Å². The average molecular weight is 462 g/mol. The molecule has 0 fully saturated rings. The van der Waals surface area contributed by atoms with Crippen LogP contribution in [0.1, 0.15) is 30.5 Å². The molecule has 0 bridgehead atoms. The molecule has 1 heterocycles. The van der Waals surface area contributed by atoms with E-state index in [2.05, 4.69) is 31.8 Å². The number of nitrogens with zero attached hydrogens (tertiary/aromatic N) is 1. The molecule has 1 aliphatic rings. The Kier molecular flexibility index (Phi) is 7.07. The summed E-state index contributed by atoms with van der Waals surface area (Å²) in [4.78, 5) is 24.2. The van der Waals surface area contributed by atoms with Crippen molar-refractivity contribution in [1.29, 1.82) is 0 Å². The number of hydrazone groups is 1. The standard InChI is InChI=1S/C20H20BrN3O5/c1-2-27-20(26)23-16(13-6-4-3-5-7-13)10-19(25)24-22-11-14-8-17-18(9-15(14)21)29-12-28-17/h3-9,11,16H,2,10,12H2,1H3,(H,23,26)(H,24,25)/b22-11-/t16-/m0/s1. The highest BCUT2D eigenvalue weighted by Gasteiger charge is 2.19. The van der Waals surface area contributed by atoms with Gasteiger partial charge in [-0.05, 0) is 40.5 Å². The smallest absolute Gasteiger partial charge is 0.407 e. The maximum absolute atomic E-state index is 12.4. The van der Waals surface area contributed by atoms with Crippen LogP contribution < -0.4 is 20.2 Å². The molecule has 8 nitrogen and oxygen atoms in total. The summed E-state index contributed by atoms with van der Waals surface area (Å²) >= 11 is 3.43. The summed E-state index contributed by atoms with van der Waals surface area (Å²) in [5.41, 5.74) is 3.99. The first-order valence-electron chi connectivity index (χ1n) is 8.96. The lowest BCUT2D eigenvalue weighted by molar-refractivity contribution is -0.121. The molecule has 0 saturated carbocycles. The second kappa shape index (κ2) is 9.92. The Hall–Kier alpha value is -3.07. The van der Waals surface area contributed by atoms with E-state index in [-0.39, 0.29) is 25.7 Å². The average Bonchev–Trinajstić information content (AvgIpc) is 3.15. The fraction of sp³-hybridized carbons (Fsp3) is 0.250. The largest absolute Gasteiger partial charge is 0.454 e. The first kappa shape index (κ1) is 20.7. The van der Waals surface area contributed by atoms with Gasteiger partial charge in [-0.25, -0.2) is 10.2 Å². The van der Waals surface area contributed by atoms with Crippen molar-refractivity contribution in [2.45, 2.75) is 19.4 Å². The van der Waals surface area contributed by atoms with Crippen molar-refractivity contribution in [3.63, 3.8) is 0 Å². The zero-order valence-corrected chi connectivity index (χ0v) is 17.3. The highest BCUT2D eigenvalue weighted by Crippen LogP contribution is 2.36. The van der Waals surface area contributed by atoms with E-state index in [0.717, 1.165) is 15.6 Å². The molecular formula is C20H20BrN3O5. The number of benzene rings is 2. The van der Waals surface area contributed by atoms with E-state index in [1.54, 1.807) is 19.1 Å². The molecule has 0 aliphatic carbocycles. The minimum Gasteiger partial charge on any atom is -0.454 e. The van der Waals surface area contributed by atoms with E-state index in [0.29, 0.717) is 11.5 Å². The maximum atomic E-state index is 12.4. The van der Waals surface area contributed by atoms with Crippen LogP contribution in [0.4, 0.5) is 4.79 Å².